The summed E-state index contributed by atoms with van der Waals surface area (Å²) in [5.74, 6) is 0.397. The first-order valence-electron chi connectivity index (χ1n) is 4.18. The number of ether oxygens (including phenoxy) is 2. The van der Waals surface area contributed by atoms with Crippen LogP contribution >= 0.6 is 11.6 Å². The third-order valence-electron chi connectivity index (χ3n) is 1.70. The number of nitro benzene ring substituents is 1. The smallest absolute Gasteiger partial charge is 0.273 e. The summed E-state index contributed by atoms with van der Waals surface area (Å²) in [7, 11) is 1.39. The Morgan fingerprint density at radius 3 is 2.69 bits per heavy atom. The lowest BCUT2D eigenvalue weighted by molar-refractivity contribution is -0.385. The van der Waals surface area contributed by atoms with Crippen molar-refractivity contribution in [1.29, 1.82) is 0 Å². The number of benzene rings is 1. The standard InChI is InChI=1S/C9H8ClNO5/c1-15-7-3-2-6(11(13)14)4-8(7)16-5-9(10)12/h2-4H,5H2,1H3. The normalized spacial score (nSPS) is 9.62. The van der Waals surface area contributed by atoms with E-state index in [0.29, 0.717) is 5.75 Å². The van der Waals surface area contributed by atoms with E-state index < -0.39 is 10.2 Å². The number of halogens is 1. The summed E-state index contributed by atoms with van der Waals surface area (Å²) in [6.07, 6.45) is 0. The molecule has 1 rings (SSSR count). The van der Waals surface area contributed by atoms with Gasteiger partial charge in [0, 0.05) is 6.07 Å². The van der Waals surface area contributed by atoms with Crippen LogP contribution in [0, 0.1) is 10.1 Å². The van der Waals surface area contributed by atoms with Gasteiger partial charge in [0.25, 0.3) is 10.9 Å². The van der Waals surface area contributed by atoms with E-state index in [1.807, 2.05) is 0 Å². The minimum absolute atomic E-state index is 0.103. The topological polar surface area (TPSA) is 78.7 Å². The molecule has 0 saturated heterocycles. The molecule has 0 radical (unpaired) electrons. The van der Waals surface area contributed by atoms with Gasteiger partial charge in [-0.05, 0) is 17.7 Å². The Morgan fingerprint density at radius 1 is 1.50 bits per heavy atom. The molecule has 0 bridgehead atoms. The maximum Gasteiger partial charge on any atom is 0.273 e. The van der Waals surface area contributed by atoms with Crippen LogP contribution in [0.2, 0.25) is 0 Å². The third kappa shape index (κ3) is 3.09. The van der Waals surface area contributed by atoms with Gasteiger partial charge in [-0.1, -0.05) is 0 Å². The highest BCUT2D eigenvalue weighted by atomic mass is 35.5. The fourth-order valence-electron chi connectivity index (χ4n) is 1.03. The van der Waals surface area contributed by atoms with Crippen molar-refractivity contribution in [3.05, 3.63) is 28.3 Å². The molecule has 0 aromatic heterocycles. The molecule has 86 valence electrons. The SMILES string of the molecule is COc1ccc([N+](=O)[O-])cc1OCC(=O)Cl. The van der Waals surface area contributed by atoms with Crippen LogP contribution < -0.4 is 9.47 Å². The molecule has 0 heterocycles. The fraction of sp³-hybridized carbons (Fsp3) is 0.222. The van der Waals surface area contributed by atoms with Gasteiger partial charge >= 0.3 is 0 Å². The number of hydrogen-bond donors (Lipinski definition) is 0. The van der Waals surface area contributed by atoms with E-state index in [2.05, 4.69) is 0 Å². The van der Waals surface area contributed by atoms with Crippen LogP contribution in [-0.2, 0) is 4.79 Å². The van der Waals surface area contributed by atoms with Crippen LogP contribution in [0.5, 0.6) is 11.5 Å². The van der Waals surface area contributed by atoms with Crippen molar-refractivity contribution in [3.63, 3.8) is 0 Å². The summed E-state index contributed by atoms with van der Waals surface area (Å²) in [4.78, 5) is 20.4. The van der Waals surface area contributed by atoms with Gasteiger partial charge in [-0.3, -0.25) is 14.9 Å². The van der Waals surface area contributed by atoms with E-state index in [9.17, 15) is 14.9 Å². The molecule has 6 nitrogen and oxygen atoms in total. The highest BCUT2D eigenvalue weighted by Crippen LogP contribution is 2.31. The van der Waals surface area contributed by atoms with Crippen LogP contribution in [0.25, 0.3) is 0 Å². The number of hydrogen-bond acceptors (Lipinski definition) is 5. The second-order valence-electron chi connectivity index (χ2n) is 2.74. The molecule has 16 heavy (non-hydrogen) atoms. The summed E-state index contributed by atoms with van der Waals surface area (Å²) in [6.45, 7) is -0.376. The largest absolute Gasteiger partial charge is 0.493 e. The lowest BCUT2D eigenvalue weighted by Gasteiger charge is -2.08. The summed E-state index contributed by atoms with van der Waals surface area (Å²) < 4.78 is 9.88. The number of carbonyl (C=O) groups excluding carboxylic acids is 1. The highest BCUT2D eigenvalue weighted by molar-refractivity contribution is 6.63. The zero-order valence-electron chi connectivity index (χ0n) is 8.31. The number of rotatable bonds is 5. The van der Waals surface area contributed by atoms with E-state index in [1.54, 1.807) is 0 Å². The summed E-state index contributed by atoms with van der Waals surface area (Å²) >= 11 is 5.09. The first-order chi connectivity index (χ1) is 7.54. The molecule has 0 amide bonds. The molecule has 0 aliphatic carbocycles. The average Bonchev–Trinajstić information content (AvgIpc) is 2.25. The van der Waals surface area contributed by atoms with Gasteiger partial charge < -0.3 is 9.47 Å². The highest BCUT2D eigenvalue weighted by Gasteiger charge is 2.13. The Kier molecular flexibility index (Phi) is 4.07. The van der Waals surface area contributed by atoms with Crippen molar-refractivity contribution in [2.45, 2.75) is 0 Å². The molecule has 0 saturated carbocycles. The van der Waals surface area contributed by atoms with Crippen molar-refractivity contribution in [2.24, 2.45) is 0 Å². The molecular formula is C9H8ClNO5. The third-order valence-corrected chi connectivity index (χ3v) is 1.81. The monoisotopic (exact) mass is 245 g/mol. The number of methoxy groups -OCH3 is 1. The van der Waals surface area contributed by atoms with E-state index in [-0.39, 0.29) is 18.0 Å². The van der Waals surface area contributed by atoms with Gasteiger partial charge in [0.1, 0.15) is 0 Å². The van der Waals surface area contributed by atoms with E-state index in [1.165, 1.54) is 25.3 Å². The van der Waals surface area contributed by atoms with Crippen molar-refractivity contribution >= 4 is 22.5 Å². The van der Waals surface area contributed by atoms with Crippen molar-refractivity contribution in [1.82, 2.24) is 0 Å². The predicted octanol–water partition coefficient (Wildman–Crippen LogP) is 1.75. The Balaban J connectivity index is 2.97. The quantitative estimate of drug-likeness (QED) is 0.449. The fourth-order valence-corrected chi connectivity index (χ4v) is 1.08. The van der Waals surface area contributed by atoms with Crippen molar-refractivity contribution < 1.29 is 19.2 Å². The van der Waals surface area contributed by atoms with Crippen LogP contribution in [0.15, 0.2) is 18.2 Å². The van der Waals surface area contributed by atoms with Crippen LogP contribution in [-0.4, -0.2) is 23.9 Å². The minimum Gasteiger partial charge on any atom is -0.493 e. The van der Waals surface area contributed by atoms with Crippen molar-refractivity contribution in [2.75, 3.05) is 13.7 Å². The van der Waals surface area contributed by atoms with Crippen LogP contribution in [0.4, 0.5) is 5.69 Å². The molecule has 0 atom stereocenters. The second kappa shape index (κ2) is 5.32. The Labute approximate surface area is 95.9 Å². The Hall–Kier alpha value is -1.82. The second-order valence-corrected chi connectivity index (χ2v) is 3.16. The van der Waals surface area contributed by atoms with Crippen LogP contribution in [0.1, 0.15) is 0 Å². The Bertz CT molecular complexity index is 420. The number of nitro groups is 1. The van der Waals surface area contributed by atoms with Crippen molar-refractivity contribution in [3.8, 4) is 11.5 Å². The summed E-state index contributed by atoms with van der Waals surface area (Å²) in [5, 5.41) is 9.81. The molecule has 0 unspecified atom stereocenters. The zero-order valence-corrected chi connectivity index (χ0v) is 9.06. The summed E-state index contributed by atoms with van der Waals surface area (Å²) in [5.41, 5.74) is -0.155. The molecule has 1 aromatic carbocycles. The van der Waals surface area contributed by atoms with Gasteiger partial charge in [-0.15, -0.1) is 0 Å². The molecule has 0 spiro atoms. The first-order valence-corrected chi connectivity index (χ1v) is 4.56. The molecule has 0 N–H and O–H groups in total. The van der Waals surface area contributed by atoms with Crippen LogP contribution in [0.3, 0.4) is 0 Å². The molecular weight excluding hydrogens is 238 g/mol. The van der Waals surface area contributed by atoms with E-state index in [0.717, 1.165) is 0 Å². The number of non-ortho nitro benzene ring substituents is 1. The summed E-state index contributed by atoms with van der Waals surface area (Å²) in [6, 6.07) is 3.82. The van der Waals surface area contributed by atoms with Gasteiger partial charge in [0.15, 0.2) is 18.1 Å². The maximum atomic E-state index is 10.5. The molecule has 7 heteroatoms. The maximum absolute atomic E-state index is 10.5. The first kappa shape index (κ1) is 12.3. The minimum atomic E-state index is -0.700. The zero-order chi connectivity index (χ0) is 12.1. The average molecular weight is 246 g/mol. The molecule has 0 aliphatic rings. The van der Waals surface area contributed by atoms with E-state index in [4.69, 9.17) is 21.1 Å². The van der Waals surface area contributed by atoms with Gasteiger partial charge in [-0.25, -0.2) is 0 Å². The lowest BCUT2D eigenvalue weighted by Crippen LogP contribution is -2.05. The number of carbonyl (C=O) groups is 1. The lowest BCUT2D eigenvalue weighted by atomic mass is 10.3. The predicted molar refractivity (Wildman–Crippen MR) is 56.0 cm³/mol. The molecule has 1 aromatic rings. The molecule has 0 fully saturated rings. The molecule has 0 aliphatic heterocycles. The van der Waals surface area contributed by atoms with Gasteiger partial charge in [0.2, 0.25) is 0 Å². The van der Waals surface area contributed by atoms with Gasteiger partial charge in [0.05, 0.1) is 18.1 Å². The Morgan fingerprint density at radius 2 is 2.19 bits per heavy atom. The number of nitrogens with zero attached hydrogens (tertiary/aromatic N) is 1. The van der Waals surface area contributed by atoms with Gasteiger partial charge in [-0.2, -0.15) is 0 Å². The van der Waals surface area contributed by atoms with E-state index >= 15 is 0 Å².